The van der Waals surface area contributed by atoms with E-state index in [4.69, 9.17) is 5.73 Å². The highest BCUT2D eigenvalue weighted by atomic mass is 32.1. The lowest BCUT2D eigenvalue weighted by molar-refractivity contribution is -0.137. The zero-order chi connectivity index (χ0) is 20.6. The number of halogens is 5. The minimum atomic E-state index is -5.05. The molecule has 12 heteroatoms. The fourth-order valence-corrected chi connectivity index (χ4v) is 2.80. The van der Waals surface area contributed by atoms with E-state index in [1.165, 1.54) is 0 Å². The summed E-state index contributed by atoms with van der Waals surface area (Å²) >= 11 is 0.647. The molecule has 6 nitrogen and oxygen atoms in total. The number of hydrogen-bond acceptors (Lipinski definition) is 6. The predicted octanol–water partition coefficient (Wildman–Crippen LogP) is 4.04. The first-order valence-corrected chi connectivity index (χ1v) is 8.14. The fraction of sp³-hybridized carbons (Fsp3) is 0.0625. The highest BCUT2D eigenvalue weighted by molar-refractivity contribution is 7.08. The molecule has 0 unspecified atom stereocenters. The largest absolute Gasteiger partial charge is 0.497 e. The van der Waals surface area contributed by atoms with Gasteiger partial charge in [0.2, 0.25) is 5.06 Å². The number of pyridine rings is 1. The first-order chi connectivity index (χ1) is 13.1. The maximum absolute atomic E-state index is 14.1. The minimum Gasteiger partial charge on any atom is -0.497 e. The van der Waals surface area contributed by atoms with Gasteiger partial charge in [-0.3, -0.25) is 4.79 Å². The van der Waals surface area contributed by atoms with Crippen LogP contribution in [-0.4, -0.2) is 20.4 Å². The average molecular weight is 416 g/mol. The number of nitrogens with zero attached hydrogens (tertiary/aromatic N) is 2. The van der Waals surface area contributed by atoms with Crippen LogP contribution in [0.4, 0.5) is 33.3 Å². The van der Waals surface area contributed by atoms with Crippen LogP contribution in [0.15, 0.2) is 30.5 Å². The van der Waals surface area contributed by atoms with Crippen LogP contribution < -0.4 is 11.1 Å². The Balaban J connectivity index is 2.19. The highest BCUT2D eigenvalue weighted by Crippen LogP contribution is 2.39. The second-order valence-electron chi connectivity index (χ2n) is 5.42. The van der Waals surface area contributed by atoms with Crippen LogP contribution in [0.3, 0.4) is 0 Å². The van der Waals surface area contributed by atoms with E-state index in [2.05, 4.69) is 14.7 Å². The number of anilines is 2. The van der Waals surface area contributed by atoms with Gasteiger partial charge in [0, 0.05) is 11.5 Å². The standard InChI is InChI=1S/C16H9F5N4O2S/c17-7-2-1-3-8(18)11(7)12-6(16(19,20)21)4-9(22)13(25-12)14(26)24-10-5-23-28-15(10)27/h1-5,27H,22H2,(H,24,26). The van der Waals surface area contributed by atoms with Gasteiger partial charge in [-0.2, -0.15) is 17.5 Å². The van der Waals surface area contributed by atoms with Crippen molar-refractivity contribution in [1.29, 1.82) is 0 Å². The number of hydrogen-bond donors (Lipinski definition) is 3. The maximum atomic E-state index is 14.1. The van der Waals surface area contributed by atoms with Gasteiger partial charge in [0.1, 0.15) is 17.3 Å². The topological polar surface area (TPSA) is 101 Å². The van der Waals surface area contributed by atoms with E-state index in [9.17, 15) is 31.9 Å². The van der Waals surface area contributed by atoms with Crippen LogP contribution >= 0.6 is 11.5 Å². The van der Waals surface area contributed by atoms with E-state index in [0.717, 1.165) is 24.4 Å². The highest BCUT2D eigenvalue weighted by Gasteiger charge is 2.37. The van der Waals surface area contributed by atoms with Crippen molar-refractivity contribution in [2.75, 3.05) is 11.1 Å². The number of benzene rings is 1. The normalized spacial score (nSPS) is 11.5. The average Bonchev–Trinajstić information content (AvgIpc) is 2.99. The van der Waals surface area contributed by atoms with Crippen molar-refractivity contribution in [3.63, 3.8) is 0 Å². The molecule has 0 bridgehead atoms. The van der Waals surface area contributed by atoms with Gasteiger partial charge in [-0.25, -0.2) is 13.8 Å². The van der Waals surface area contributed by atoms with Crippen LogP contribution in [0.2, 0.25) is 0 Å². The number of amides is 1. The number of carbonyl (C=O) groups is 1. The van der Waals surface area contributed by atoms with Crippen LogP contribution in [0.1, 0.15) is 16.1 Å². The SMILES string of the molecule is Nc1cc(C(F)(F)F)c(-c2c(F)cccc2F)nc1C(=O)Nc1cnsc1O. The zero-order valence-corrected chi connectivity index (χ0v) is 14.3. The van der Waals surface area contributed by atoms with Crippen LogP contribution in [0, 0.1) is 11.6 Å². The predicted molar refractivity (Wildman–Crippen MR) is 90.7 cm³/mol. The van der Waals surface area contributed by atoms with Gasteiger partial charge in [0.05, 0.1) is 28.7 Å². The Morgan fingerprint density at radius 3 is 2.39 bits per heavy atom. The third kappa shape index (κ3) is 3.58. The van der Waals surface area contributed by atoms with Crippen molar-refractivity contribution >= 4 is 28.8 Å². The van der Waals surface area contributed by atoms with E-state index in [1.54, 1.807) is 0 Å². The second-order valence-corrected chi connectivity index (χ2v) is 6.20. The molecule has 0 aliphatic heterocycles. The third-order valence-corrected chi connectivity index (χ3v) is 4.18. The first-order valence-electron chi connectivity index (χ1n) is 7.36. The van der Waals surface area contributed by atoms with Gasteiger partial charge in [-0.15, -0.1) is 0 Å². The number of nitrogen functional groups attached to an aromatic ring is 1. The van der Waals surface area contributed by atoms with Crippen LogP contribution in [-0.2, 0) is 6.18 Å². The monoisotopic (exact) mass is 416 g/mol. The Bertz CT molecular complexity index is 1050. The Labute approximate surface area is 157 Å². The lowest BCUT2D eigenvalue weighted by atomic mass is 10.0. The number of alkyl halides is 3. The summed E-state index contributed by atoms with van der Waals surface area (Å²) < 4.78 is 71.9. The number of aromatic nitrogens is 2. The summed E-state index contributed by atoms with van der Waals surface area (Å²) in [5, 5.41) is 11.3. The number of aromatic hydroxyl groups is 1. The zero-order valence-electron chi connectivity index (χ0n) is 13.5. The molecule has 2 heterocycles. The Kier molecular flexibility index (Phi) is 4.89. The molecule has 2 aromatic heterocycles. The summed E-state index contributed by atoms with van der Waals surface area (Å²) in [6.07, 6.45) is -3.95. The van der Waals surface area contributed by atoms with Crippen molar-refractivity contribution in [2.24, 2.45) is 0 Å². The van der Waals surface area contributed by atoms with Crippen molar-refractivity contribution in [1.82, 2.24) is 9.36 Å². The van der Waals surface area contributed by atoms with Crippen molar-refractivity contribution < 1.29 is 31.9 Å². The first kappa shape index (κ1) is 19.5. The molecule has 1 amide bonds. The van der Waals surface area contributed by atoms with Gasteiger partial charge in [0.25, 0.3) is 5.91 Å². The molecule has 0 atom stereocenters. The van der Waals surface area contributed by atoms with Crippen molar-refractivity contribution in [3.05, 3.63) is 53.4 Å². The van der Waals surface area contributed by atoms with E-state index in [1.807, 2.05) is 0 Å². The second kappa shape index (κ2) is 7.03. The smallest absolute Gasteiger partial charge is 0.418 e. The van der Waals surface area contributed by atoms with Gasteiger partial charge < -0.3 is 16.2 Å². The van der Waals surface area contributed by atoms with Gasteiger partial charge in [-0.05, 0) is 18.2 Å². The molecule has 1 aromatic carbocycles. The van der Waals surface area contributed by atoms with Gasteiger partial charge >= 0.3 is 6.18 Å². The summed E-state index contributed by atoms with van der Waals surface area (Å²) in [6, 6.07) is 2.85. The number of carbonyl (C=O) groups excluding carboxylic acids is 1. The van der Waals surface area contributed by atoms with E-state index >= 15 is 0 Å². The summed E-state index contributed by atoms with van der Waals surface area (Å²) in [5.74, 6) is -3.69. The van der Waals surface area contributed by atoms with E-state index in [0.29, 0.717) is 17.6 Å². The molecule has 3 aromatic rings. The molecule has 0 spiro atoms. The van der Waals surface area contributed by atoms with Gasteiger partial charge in [-0.1, -0.05) is 6.07 Å². The number of nitrogens with two attached hydrogens (primary N) is 1. The summed E-state index contributed by atoms with van der Waals surface area (Å²) in [4.78, 5) is 15.8. The van der Waals surface area contributed by atoms with Gasteiger partial charge in [0.15, 0.2) is 5.69 Å². The van der Waals surface area contributed by atoms with E-state index in [-0.39, 0.29) is 10.8 Å². The summed E-state index contributed by atoms with van der Waals surface area (Å²) in [5.41, 5.74) is 0.318. The lowest BCUT2D eigenvalue weighted by Gasteiger charge is -2.16. The Hall–Kier alpha value is -3.28. The third-order valence-electron chi connectivity index (χ3n) is 3.57. The molecular weight excluding hydrogens is 407 g/mol. The summed E-state index contributed by atoms with van der Waals surface area (Å²) in [7, 11) is 0. The number of nitrogens with one attached hydrogen (secondary N) is 1. The van der Waals surface area contributed by atoms with Crippen molar-refractivity contribution in [2.45, 2.75) is 6.18 Å². The molecule has 0 radical (unpaired) electrons. The molecular formula is C16H9F5N4O2S. The number of rotatable bonds is 3. The molecule has 4 N–H and O–H groups in total. The van der Waals surface area contributed by atoms with Crippen LogP contribution in [0.5, 0.6) is 5.06 Å². The molecule has 146 valence electrons. The summed E-state index contributed by atoms with van der Waals surface area (Å²) in [6.45, 7) is 0. The van der Waals surface area contributed by atoms with E-state index < -0.39 is 51.9 Å². The molecule has 0 fully saturated rings. The molecule has 0 saturated carbocycles. The Morgan fingerprint density at radius 1 is 1.21 bits per heavy atom. The minimum absolute atomic E-state index is 0.130. The quantitative estimate of drug-likeness (QED) is 0.560. The Morgan fingerprint density at radius 2 is 1.86 bits per heavy atom. The lowest BCUT2D eigenvalue weighted by Crippen LogP contribution is -2.19. The van der Waals surface area contributed by atoms with Crippen molar-refractivity contribution in [3.8, 4) is 16.3 Å². The van der Waals surface area contributed by atoms with Crippen LogP contribution in [0.25, 0.3) is 11.3 Å². The molecule has 0 aliphatic rings. The maximum Gasteiger partial charge on any atom is 0.418 e. The molecule has 0 saturated heterocycles. The molecule has 3 rings (SSSR count). The molecule has 0 aliphatic carbocycles. The fourth-order valence-electron chi connectivity index (χ4n) is 2.34. The molecule has 28 heavy (non-hydrogen) atoms.